The minimum atomic E-state index is -0.556. The van der Waals surface area contributed by atoms with E-state index in [-0.39, 0.29) is 16.6 Å². The fourth-order valence-electron chi connectivity index (χ4n) is 3.41. The molecule has 7 nitrogen and oxygen atoms in total. The molecule has 0 atom stereocenters. The predicted molar refractivity (Wildman–Crippen MR) is 141 cm³/mol. The van der Waals surface area contributed by atoms with Crippen LogP contribution in [-0.2, 0) is 15.7 Å². The number of halogens is 1. The monoisotopic (exact) mass is 507 g/mol. The van der Waals surface area contributed by atoms with Crippen LogP contribution in [0.5, 0.6) is 5.75 Å². The Morgan fingerprint density at radius 3 is 1.86 bits per heavy atom. The summed E-state index contributed by atoms with van der Waals surface area (Å²) in [6, 6.07) is 16.2. The van der Waals surface area contributed by atoms with E-state index in [2.05, 4.69) is 15.7 Å². The molecule has 0 spiro atoms. The second-order valence-electron chi connectivity index (χ2n) is 10.5. The number of anilines is 1. The first-order valence-electron chi connectivity index (χ1n) is 11.4. The van der Waals surface area contributed by atoms with Crippen LogP contribution in [-0.4, -0.2) is 17.0 Å². The molecule has 3 aromatic carbocycles. The highest BCUT2D eigenvalue weighted by atomic mass is 35.5. The van der Waals surface area contributed by atoms with Crippen molar-refractivity contribution in [1.82, 2.24) is 0 Å². The SMILES string of the molecule is CC(C)(C)c1cc(C(=O)N=Nc2ccc(NOC(=O)c3ccc(Cl)cc3)cc2)cc(C(C)(C)C)c1O. The van der Waals surface area contributed by atoms with Crippen LogP contribution in [0, 0.1) is 0 Å². The Balaban J connectivity index is 1.72. The van der Waals surface area contributed by atoms with Crippen LogP contribution in [0.1, 0.15) is 73.4 Å². The molecule has 3 aromatic rings. The summed E-state index contributed by atoms with van der Waals surface area (Å²) in [5.74, 6) is -0.868. The molecule has 0 radical (unpaired) electrons. The van der Waals surface area contributed by atoms with Gasteiger partial charge in [-0.25, -0.2) is 10.3 Å². The highest BCUT2D eigenvalue weighted by Crippen LogP contribution is 2.40. The third kappa shape index (κ3) is 6.70. The Kier molecular flexibility index (Phi) is 7.84. The number of azo groups is 1. The molecule has 2 N–H and O–H groups in total. The summed E-state index contributed by atoms with van der Waals surface area (Å²) in [5, 5.41) is 19.3. The Labute approximate surface area is 216 Å². The first kappa shape index (κ1) is 26.9. The molecule has 0 heterocycles. The number of benzene rings is 3. The van der Waals surface area contributed by atoms with Gasteiger partial charge in [0.15, 0.2) is 0 Å². The van der Waals surface area contributed by atoms with E-state index in [0.717, 1.165) is 0 Å². The zero-order chi connectivity index (χ0) is 26.7. The first-order valence-corrected chi connectivity index (χ1v) is 11.8. The summed E-state index contributed by atoms with van der Waals surface area (Å²) in [6.07, 6.45) is 0. The van der Waals surface area contributed by atoms with Gasteiger partial charge in [0, 0.05) is 21.7 Å². The van der Waals surface area contributed by atoms with Crippen LogP contribution in [0.4, 0.5) is 11.4 Å². The third-order valence-electron chi connectivity index (χ3n) is 5.44. The molecule has 1 amide bonds. The zero-order valence-corrected chi connectivity index (χ0v) is 22.0. The number of aromatic hydroxyl groups is 1. The molecular formula is C28H30ClN3O4. The molecular weight excluding hydrogens is 478 g/mol. The van der Waals surface area contributed by atoms with E-state index in [1.54, 1.807) is 60.7 Å². The lowest BCUT2D eigenvalue weighted by Crippen LogP contribution is -2.18. The highest BCUT2D eigenvalue weighted by molar-refractivity contribution is 6.30. The van der Waals surface area contributed by atoms with Crippen molar-refractivity contribution >= 4 is 34.9 Å². The number of rotatable bonds is 5. The van der Waals surface area contributed by atoms with Crippen molar-refractivity contribution in [3.05, 3.63) is 87.9 Å². The fraction of sp³-hybridized carbons (Fsp3) is 0.286. The van der Waals surface area contributed by atoms with Crippen molar-refractivity contribution in [3.63, 3.8) is 0 Å². The molecule has 0 saturated carbocycles. The molecule has 0 unspecified atom stereocenters. The second-order valence-corrected chi connectivity index (χ2v) is 10.9. The van der Waals surface area contributed by atoms with Crippen LogP contribution in [0.3, 0.4) is 0 Å². The number of phenolic OH excluding ortho intramolecular Hbond substituents is 1. The van der Waals surface area contributed by atoms with Gasteiger partial charge in [0.2, 0.25) is 0 Å². The minimum absolute atomic E-state index is 0.198. The molecule has 0 aliphatic heterocycles. The van der Waals surface area contributed by atoms with Gasteiger partial charge in [-0.2, -0.15) is 0 Å². The van der Waals surface area contributed by atoms with Crippen molar-refractivity contribution in [2.45, 2.75) is 52.4 Å². The Hall–Kier alpha value is -3.71. The van der Waals surface area contributed by atoms with Crippen molar-refractivity contribution in [2.75, 3.05) is 5.48 Å². The standard InChI is InChI=1S/C28H30ClN3O4/c1-27(2,3)22-15-18(16-23(24(22)33)28(4,5)6)25(34)31-30-20-11-13-21(14-12-20)32-36-26(35)17-7-9-19(29)10-8-17/h7-16,32-33H,1-6H3. The van der Waals surface area contributed by atoms with E-state index in [1.807, 2.05) is 41.5 Å². The van der Waals surface area contributed by atoms with Gasteiger partial charge in [0.25, 0.3) is 5.91 Å². The predicted octanol–water partition coefficient (Wildman–Crippen LogP) is 7.75. The lowest BCUT2D eigenvalue weighted by atomic mass is 9.78. The molecule has 3 rings (SSSR count). The number of nitrogens with one attached hydrogen (secondary N) is 1. The Morgan fingerprint density at radius 1 is 0.833 bits per heavy atom. The molecule has 8 heteroatoms. The van der Waals surface area contributed by atoms with E-state index in [1.165, 1.54) is 0 Å². The van der Waals surface area contributed by atoms with Crippen LogP contribution in [0.15, 0.2) is 70.9 Å². The van der Waals surface area contributed by atoms with Crippen LogP contribution >= 0.6 is 11.6 Å². The quantitative estimate of drug-likeness (QED) is 0.271. The largest absolute Gasteiger partial charge is 0.507 e. The number of hydrogen-bond donors (Lipinski definition) is 2. The maximum atomic E-state index is 12.9. The van der Waals surface area contributed by atoms with Crippen molar-refractivity contribution in [1.29, 1.82) is 0 Å². The second kappa shape index (κ2) is 10.5. The van der Waals surface area contributed by atoms with E-state index in [4.69, 9.17) is 16.4 Å². The normalized spacial score (nSPS) is 12.0. The molecule has 0 aromatic heterocycles. The van der Waals surface area contributed by atoms with Gasteiger partial charge < -0.3 is 9.94 Å². The molecule has 0 aliphatic carbocycles. The lowest BCUT2D eigenvalue weighted by molar-refractivity contribution is 0.0596. The fourth-order valence-corrected chi connectivity index (χ4v) is 3.53. The van der Waals surface area contributed by atoms with Gasteiger partial charge in [0.05, 0.1) is 16.9 Å². The number of amides is 1. The van der Waals surface area contributed by atoms with Crippen LogP contribution in [0.25, 0.3) is 0 Å². The molecule has 0 fully saturated rings. The highest BCUT2D eigenvalue weighted by Gasteiger charge is 2.27. The summed E-state index contributed by atoms with van der Waals surface area (Å²) in [4.78, 5) is 30.0. The molecule has 0 saturated heterocycles. The lowest BCUT2D eigenvalue weighted by Gasteiger charge is -2.27. The summed E-state index contributed by atoms with van der Waals surface area (Å²) >= 11 is 5.82. The van der Waals surface area contributed by atoms with Crippen molar-refractivity contribution in [2.24, 2.45) is 10.2 Å². The smallest absolute Gasteiger partial charge is 0.362 e. The first-order chi connectivity index (χ1) is 16.8. The van der Waals surface area contributed by atoms with Crippen LogP contribution < -0.4 is 5.48 Å². The third-order valence-corrected chi connectivity index (χ3v) is 5.69. The molecule has 36 heavy (non-hydrogen) atoms. The number of phenols is 1. The zero-order valence-electron chi connectivity index (χ0n) is 21.2. The van der Waals surface area contributed by atoms with Crippen molar-refractivity contribution < 1.29 is 19.5 Å². The summed E-state index contributed by atoms with van der Waals surface area (Å²) in [7, 11) is 0. The van der Waals surface area contributed by atoms with Crippen molar-refractivity contribution in [3.8, 4) is 5.75 Å². The van der Waals surface area contributed by atoms with E-state index in [0.29, 0.717) is 38.7 Å². The molecule has 188 valence electrons. The average molecular weight is 508 g/mol. The van der Waals surface area contributed by atoms with Gasteiger partial charge in [-0.15, -0.1) is 10.2 Å². The maximum Gasteiger partial charge on any atom is 0.362 e. The van der Waals surface area contributed by atoms with Gasteiger partial charge >= 0.3 is 5.97 Å². The number of hydrogen-bond acceptors (Lipinski definition) is 6. The van der Waals surface area contributed by atoms with E-state index in [9.17, 15) is 14.7 Å². The maximum absolute atomic E-state index is 12.9. The number of carbonyl (C=O) groups excluding carboxylic acids is 2. The number of nitrogens with zero attached hydrogens (tertiary/aromatic N) is 2. The van der Waals surface area contributed by atoms with E-state index < -0.39 is 11.9 Å². The summed E-state index contributed by atoms with van der Waals surface area (Å²) in [6.45, 7) is 11.9. The average Bonchev–Trinajstić information content (AvgIpc) is 2.80. The Morgan fingerprint density at radius 2 is 1.36 bits per heavy atom. The molecule has 0 bridgehead atoms. The topological polar surface area (TPSA) is 100 Å². The van der Waals surface area contributed by atoms with Gasteiger partial charge in [-0.1, -0.05) is 53.1 Å². The van der Waals surface area contributed by atoms with Gasteiger partial charge in [-0.05, 0) is 71.5 Å². The molecule has 0 aliphatic rings. The summed E-state index contributed by atoms with van der Waals surface area (Å²) in [5.41, 5.74) is 4.89. The van der Waals surface area contributed by atoms with Gasteiger partial charge in [-0.3, -0.25) is 4.79 Å². The number of carbonyl (C=O) groups is 2. The minimum Gasteiger partial charge on any atom is -0.507 e. The van der Waals surface area contributed by atoms with Crippen LogP contribution in [0.2, 0.25) is 5.02 Å². The van der Waals surface area contributed by atoms with Gasteiger partial charge in [0.1, 0.15) is 5.75 Å². The van der Waals surface area contributed by atoms with E-state index >= 15 is 0 Å². The summed E-state index contributed by atoms with van der Waals surface area (Å²) < 4.78 is 0. The Bertz CT molecular complexity index is 1250.